The maximum Gasteiger partial charge on any atom is 0.335 e. The van der Waals surface area contributed by atoms with Crippen LogP contribution in [0.5, 0.6) is 5.75 Å². The Bertz CT molecular complexity index is 423. The molecular formula is C9H8F3NO3. The van der Waals surface area contributed by atoms with Gasteiger partial charge >= 0.3 is 5.97 Å². The zero-order valence-electron chi connectivity index (χ0n) is 7.82. The van der Waals surface area contributed by atoms with E-state index in [1.165, 1.54) is 0 Å². The Labute approximate surface area is 88.1 Å². The Morgan fingerprint density at radius 2 is 1.94 bits per heavy atom. The van der Waals surface area contributed by atoms with E-state index in [9.17, 15) is 18.0 Å². The van der Waals surface area contributed by atoms with Crippen LogP contribution in [0.4, 0.5) is 13.2 Å². The Kier molecular flexibility index (Phi) is 3.38. The SMILES string of the molecule is N[C@@H](c1cc(C(=O)O)cc(F)c1O)C(F)F. The number of aromatic carboxylic acids is 1. The summed E-state index contributed by atoms with van der Waals surface area (Å²) < 4.78 is 37.5. The minimum Gasteiger partial charge on any atom is -0.505 e. The van der Waals surface area contributed by atoms with Gasteiger partial charge in [-0.15, -0.1) is 0 Å². The summed E-state index contributed by atoms with van der Waals surface area (Å²) in [6.07, 6.45) is -3.03. The smallest absolute Gasteiger partial charge is 0.335 e. The molecule has 0 aromatic heterocycles. The normalized spacial score (nSPS) is 12.8. The zero-order valence-corrected chi connectivity index (χ0v) is 7.82. The molecule has 0 saturated heterocycles. The molecule has 4 nitrogen and oxygen atoms in total. The summed E-state index contributed by atoms with van der Waals surface area (Å²) in [7, 11) is 0. The number of benzene rings is 1. The third kappa shape index (κ3) is 2.25. The van der Waals surface area contributed by atoms with Gasteiger partial charge in [-0.3, -0.25) is 0 Å². The molecular weight excluding hydrogens is 227 g/mol. The Morgan fingerprint density at radius 3 is 2.38 bits per heavy atom. The molecule has 0 heterocycles. The lowest BCUT2D eigenvalue weighted by molar-refractivity contribution is 0.0695. The van der Waals surface area contributed by atoms with Gasteiger partial charge in [0.1, 0.15) is 0 Å². The fourth-order valence-electron chi connectivity index (χ4n) is 1.13. The number of halogens is 3. The Balaban J connectivity index is 3.32. The number of alkyl halides is 2. The summed E-state index contributed by atoms with van der Waals surface area (Å²) in [5, 5.41) is 17.7. The van der Waals surface area contributed by atoms with Crippen molar-refractivity contribution in [3.05, 3.63) is 29.1 Å². The third-order valence-corrected chi connectivity index (χ3v) is 1.97. The molecule has 0 spiro atoms. The van der Waals surface area contributed by atoms with E-state index in [0.717, 1.165) is 6.07 Å². The first-order valence-corrected chi connectivity index (χ1v) is 4.14. The van der Waals surface area contributed by atoms with E-state index >= 15 is 0 Å². The van der Waals surface area contributed by atoms with Gasteiger partial charge in [-0.1, -0.05) is 0 Å². The predicted octanol–water partition coefficient (Wildman–Crippen LogP) is 1.49. The molecule has 88 valence electrons. The molecule has 0 aliphatic carbocycles. The summed E-state index contributed by atoms with van der Waals surface area (Å²) in [6.45, 7) is 0. The number of hydrogen-bond donors (Lipinski definition) is 3. The topological polar surface area (TPSA) is 83.6 Å². The number of rotatable bonds is 3. The molecule has 4 N–H and O–H groups in total. The van der Waals surface area contributed by atoms with Crippen molar-refractivity contribution >= 4 is 5.97 Å². The van der Waals surface area contributed by atoms with Crippen LogP contribution in [-0.4, -0.2) is 22.6 Å². The van der Waals surface area contributed by atoms with Crippen molar-refractivity contribution in [2.45, 2.75) is 12.5 Å². The van der Waals surface area contributed by atoms with Crippen molar-refractivity contribution in [3.63, 3.8) is 0 Å². The van der Waals surface area contributed by atoms with E-state index in [4.69, 9.17) is 15.9 Å². The highest BCUT2D eigenvalue weighted by Crippen LogP contribution is 2.30. The van der Waals surface area contributed by atoms with Gasteiger partial charge < -0.3 is 15.9 Å². The zero-order chi connectivity index (χ0) is 12.5. The minimum absolute atomic E-state index is 0.527. The lowest BCUT2D eigenvalue weighted by Crippen LogP contribution is -2.20. The summed E-state index contributed by atoms with van der Waals surface area (Å²) in [4.78, 5) is 10.5. The molecule has 1 aromatic carbocycles. The van der Waals surface area contributed by atoms with Gasteiger partial charge in [-0.25, -0.2) is 18.0 Å². The minimum atomic E-state index is -3.03. The highest BCUT2D eigenvalue weighted by molar-refractivity contribution is 5.88. The van der Waals surface area contributed by atoms with E-state index < -0.39 is 41.1 Å². The fourth-order valence-corrected chi connectivity index (χ4v) is 1.13. The van der Waals surface area contributed by atoms with Crippen LogP contribution >= 0.6 is 0 Å². The van der Waals surface area contributed by atoms with Crippen LogP contribution in [0.25, 0.3) is 0 Å². The Morgan fingerprint density at radius 1 is 1.38 bits per heavy atom. The number of aromatic hydroxyl groups is 1. The van der Waals surface area contributed by atoms with Crippen molar-refractivity contribution in [1.82, 2.24) is 0 Å². The van der Waals surface area contributed by atoms with Crippen LogP contribution in [0.15, 0.2) is 12.1 Å². The quantitative estimate of drug-likeness (QED) is 0.741. The van der Waals surface area contributed by atoms with Crippen LogP contribution in [0, 0.1) is 5.82 Å². The molecule has 0 aliphatic heterocycles. The molecule has 0 bridgehead atoms. The van der Waals surface area contributed by atoms with Crippen LogP contribution in [-0.2, 0) is 0 Å². The number of hydrogen-bond acceptors (Lipinski definition) is 3. The molecule has 7 heteroatoms. The molecule has 0 aliphatic rings. The number of nitrogens with two attached hydrogens (primary N) is 1. The van der Waals surface area contributed by atoms with Crippen molar-refractivity contribution in [2.24, 2.45) is 5.73 Å². The van der Waals surface area contributed by atoms with Crippen molar-refractivity contribution < 1.29 is 28.2 Å². The lowest BCUT2D eigenvalue weighted by Gasteiger charge is -2.13. The highest BCUT2D eigenvalue weighted by Gasteiger charge is 2.24. The number of carbonyl (C=O) groups is 1. The maximum absolute atomic E-state index is 13.0. The number of phenols is 1. The summed E-state index contributed by atoms with van der Waals surface area (Å²) >= 11 is 0. The van der Waals surface area contributed by atoms with Gasteiger partial charge in [0.05, 0.1) is 11.6 Å². The Hall–Kier alpha value is -1.76. The standard InChI is InChI=1S/C9H8F3NO3/c10-5-2-3(9(15)16)1-4(7(5)14)6(13)8(11)12/h1-2,6,8,14H,13H2,(H,15,16)/t6-/m0/s1. The van der Waals surface area contributed by atoms with Gasteiger partial charge in [0, 0.05) is 5.56 Å². The monoisotopic (exact) mass is 235 g/mol. The first-order valence-electron chi connectivity index (χ1n) is 4.14. The van der Waals surface area contributed by atoms with Crippen LogP contribution < -0.4 is 5.73 Å². The molecule has 0 unspecified atom stereocenters. The molecule has 0 radical (unpaired) electrons. The van der Waals surface area contributed by atoms with Crippen LogP contribution in [0.2, 0.25) is 0 Å². The van der Waals surface area contributed by atoms with Crippen molar-refractivity contribution in [2.75, 3.05) is 0 Å². The average Bonchev–Trinajstić information content (AvgIpc) is 2.20. The second kappa shape index (κ2) is 4.40. The number of carboxylic acids is 1. The number of phenolic OH excluding ortho intramolecular Hbond substituents is 1. The van der Waals surface area contributed by atoms with Gasteiger partial charge in [0.25, 0.3) is 6.43 Å². The largest absolute Gasteiger partial charge is 0.505 e. The second-order valence-corrected chi connectivity index (χ2v) is 3.06. The van der Waals surface area contributed by atoms with Crippen molar-refractivity contribution in [1.29, 1.82) is 0 Å². The summed E-state index contributed by atoms with van der Waals surface area (Å²) in [6, 6.07) is -0.689. The van der Waals surface area contributed by atoms with E-state index in [0.29, 0.717) is 6.07 Å². The predicted molar refractivity (Wildman–Crippen MR) is 48.0 cm³/mol. The van der Waals surface area contributed by atoms with E-state index in [1.807, 2.05) is 0 Å². The summed E-state index contributed by atoms with van der Waals surface area (Å²) in [5.41, 5.74) is 3.82. The second-order valence-electron chi connectivity index (χ2n) is 3.06. The summed E-state index contributed by atoms with van der Waals surface area (Å²) in [5.74, 6) is -3.86. The number of carboxylic acid groups (broad SMARTS) is 1. The van der Waals surface area contributed by atoms with Gasteiger partial charge in [-0.2, -0.15) is 0 Å². The lowest BCUT2D eigenvalue weighted by atomic mass is 10.0. The third-order valence-electron chi connectivity index (χ3n) is 1.97. The molecule has 0 saturated carbocycles. The first kappa shape index (κ1) is 12.3. The van der Waals surface area contributed by atoms with Crippen LogP contribution in [0.3, 0.4) is 0 Å². The van der Waals surface area contributed by atoms with Crippen LogP contribution in [0.1, 0.15) is 22.0 Å². The van der Waals surface area contributed by atoms with E-state index in [1.54, 1.807) is 0 Å². The average molecular weight is 235 g/mol. The van der Waals surface area contributed by atoms with Gasteiger partial charge in [0.15, 0.2) is 11.6 Å². The molecule has 1 rings (SSSR count). The van der Waals surface area contributed by atoms with Crippen molar-refractivity contribution in [3.8, 4) is 5.75 Å². The van der Waals surface area contributed by atoms with Gasteiger partial charge in [0.2, 0.25) is 0 Å². The van der Waals surface area contributed by atoms with E-state index in [2.05, 4.69) is 0 Å². The molecule has 1 atom stereocenters. The molecule has 16 heavy (non-hydrogen) atoms. The van der Waals surface area contributed by atoms with E-state index in [-0.39, 0.29) is 0 Å². The maximum atomic E-state index is 13.0. The first-order chi connectivity index (χ1) is 7.34. The van der Waals surface area contributed by atoms with Gasteiger partial charge in [-0.05, 0) is 12.1 Å². The molecule has 0 fully saturated rings. The molecule has 0 amide bonds. The molecule has 1 aromatic rings. The highest BCUT2D eigenvalue weighted by atomic mass is 19.3. The fraction of sp³-hybridized carbons (Fsp3) is 0.222.